The van der Waals surface area contributed by atoms with Crippen LogP contribution in [-0.2, 0) is 26.5 Å². The molecule has 0 saturated carbocycles. The van der Waals surface area contributed by atoms with Crippen molar-refractivity contribution in [3.05, 3.63) is 53.3 Å². The predicted molar refractivity (Wildman–Crippen MR) is 98.9 cm³/mol. The first kappa shape index (κ1) is 18.7. The molecule has 0 atom stereocenters. The maximum absolute atomic E-state index is 13.2. The van der Waals surface area contributed by atoms with Crippen LogP contribution in [0.5, 0.6) is 0 Å². The van der Waals surface area contributed by atoms with Crippen LogP contribution in [0.3, 0.4) is 0 Å². The van der Waals surface area contributed by atoms with Crippen molar-refractivity contribution in [2.45, 2.75) is 24.7 Å². The van der Waals surface area contributed by atoms with Gasteiger partial charge in [0.25, 0.3) is 10.0 Å². The topological polar surface area (TPSA) is 83.6 Å². The quantitative estimate of drug-likeness (QED) is 0.858. The van der Waals surface area contributed by atoms with Crippen LogP contribution in [-0.4, -0.2) is 29.6 Å². The summed E-state index contributed by atoms with van der Waals surface area (Å²) in [6.45, 7) is 1.87. The van der Waals surface area contributed by atoms with Crippen LogP contribution in [0.25, 0.3) is 0 Å². The molecule has 0 aliphatic carbocycles. The second-order valence-electron chi connectivity index (χ2n) is 6.30. The smallest absolute Gasteiger partial charge is 0.262 e. The van der Waals surface area contributed by atoms with Crippen molar-refractivity contribution in [2.75, 3.05) is 21.8 Å². The molecule has 6 nitrogen and oxygen atoms in total. The van der Waals surface area contributed by atoms with Crippen LogP contribution in [0, 0.1) is 12.7 Å². The standard InChI is InChI=1S/C17H19FN2O4S2/c1-12-10-14(18)6-8-17(12)26(23,24)19-15-7-5-13-4-3-9-20(16(13)11-15)25(2,21)22/h5-8,10-11,19H,3-4,9H2,1-2H3. The zero-order valence-corrected chi connectivity index (χ0v) is 16.0. The molecule has 0 spiro atoms. The number of hydrogen-bond acceptors (Lipinski definition) is 4. The predicted octanol–water partition coefficient (Wildman–Crippen LogP) is 2.65. The lowest BCUT2D eigenvalue weighted by atomic mass is 10.0. The number of rotatable bonds is 4. The Morgan fingerprint density at radius 3 is 2.46 bits per heavy atom. The van der Waals surface area contributed by atoms with Crippen molar-refractivity contribution in [3.8, 4) is 0 Å². The number of nitrogens with zero attached hydrogens (tertiary/aromatic N) is 1. The van der Waals surface area contributed by atoms with E-state index >= 15 is 0 Å². The summed E-state index contributed by atoms with van der Waals surface area (Å²) in [5.74, 6) is -0.515. The van der Waals surface area contributed by atoms with Gasteiger partial charge in [-0.2, -0.15) is 0 Å². The van der Waals surface area contributed by atoms with Gasteiger partial charge in [0.1, 0.15) is 5.82 Å². The number of sulfonamides is 2. The van der Waals surface area contributed by atoms with E-state index in [-0.39, 0.29) is 16.1 Å². The average molecular weight is 398 g/mol. The fourth-order valence-electron chi connectivity index (χ4n) is 3.07. The van der Waals surface area contributed by atoms with Crippen LogP contribution in [0.15, 0.2) is 41.3 Å². The van der Waals surface area contributed by atoms with Gasteiger partial charge in [-0.3, -0.25) is 9.03 Å². The number of aryl methyl sites for hydroxylation is 2. The molecule has 0 amide bonds. The largest absolute Gasteiger partial charge is 0.280 e. The molecule has 0 bridgehead atoms. The molecule has 1 aliphatic rings. The maximum atomic E-state index is 13.2. The summed E-state index contributed by atoms with van der Waals surface area (Å²) in [6, 6.07) is 8.27. The highest BCUT2D eigenvalue weighted by Gasteiger charge is 2.25. The Bertz CT molecular complexity index is 1070. The first-order valence-electron chi connectivity index (χ1n) is 7.97. The molecule has 0 radical (unpaired) electrons. The molecule has 0 unspecified atom stereocenters. The van der Waals surface area contributed by atoms with Crippen LogP contribution >= 0.6 is 0 Å². The number of hydrogen-bond donors (Lipinski definition) is 1. The third-order valence-corrected chi connectivity index (χ3v) is 6.96. The summed E-state index contributed by atoms with van der Waals surface area (Å²) in [4.78, 5) is -0.0309. The first-order chi connectivity index (χ1) is 12.1. The second-order valence-corrected chi connectivity index (χ2v) is 9.86. The zero-order chi connectivity index (χ0) is 19.1. The van der Waals surface area contributed by atoms with Gasteiger partial charge in [-0.25, -0.2) is 21.2 Å². The highest BCUT2D eigenvalue weighted by atomic mass is 32.2. The van der Waals surface area contributed by atoms with E-state index in [1.807, 2.05) is 0 Å². The van der Waals surface area contributed by atoms with Gasteiger partial charge in [0.2, 0.25) is 10.0 Å². The lowest BCUT2D eigenvalue weighted by Crippen LogP contribution is -2.34. The molecule has 0 fully saturated rings. The number of halogens is 1. The number of benzene rings is 2. The molecular formula is C17H19FN2O4S2. The van der Waals surface area contributed by atoms with Crippen molar-refractivity contribution in [2.24, 2.45) is 0 Å². The lowest BCUT2D eigenvalue weighted by molar-refractivity contribution is 0.592. The molecule has 26 heavy (non-hydrogen) atoms. The van der Waals surface area contributed by atoms with E-state index in [0.717, 1.165) is 30.4 Å². The molecule has 1 aliphatic heterocycles. The third kappa shape index (κ3) is 3.68. The summed E-state index contributed by atoms with van der Waals surface area (Å²) >= 11 is 0. The molecule has 3 rings (SSSR count). The van der Waals surface area contributed by atoms with Crippen LogP contribution in [0.4, 0.5) is 15.8 Å². The van der Waals surface area contributed by atoms with Gasteiger partial charge < -0.3 is 0 Å². The molecule has 9 heteroatoms. The minimum Gasteiger partial charge on any atom is -0.280 e. The van der Waals surface area contributed by atoms with Gasteiger partial charge in [0.15, 0.2) is 0 Å². The average Bonchev–Trinajstić information content (AvgIpc) is 2.52. The summed E-state index contributed by atoms with van der Waals surface area (Å²) < 4.78 is 66.2. The van der Waals surface area contributed by atoms with Gasteiger partial charge in [-0.05, 0) is 61.2 Å². The fourth-order valence-corrected chi connectivity index (χ4v) is 5.34. The monoisotopic (exact) mass is 398 g/mol. The number of fused-ring (bicyclic) bond motifs is 1. The van der Waals surface area contributed by atoms with Crippen molar-refractivity contribution in [1.82, 2.24) is 0 Å². The van der Waals surface area contributed by atoms with Crippen molar-refractivity contribution in [3.63, 3.8) is 0 Å². The van der Waals surface area contributed by atoms with E-state index in [9.17, 15) is 21.2 Å². The summed E-state index contributed by atoms with van der Waals surface area (Å²) in [6.07, 6.45) is 2.56. The number of anilines is 2. The summed E-state index contributed by atoms with van der Waals surface area (Å²) in [7, 11) is -7.37. The Morgan fingerprint density at radius 1 is 1.08 bits per heavy atom. The Balaban J connectivity index is 1.98. The zero-order valence-electron chi connectivity index (χ0n) is 14.4. The Kier molecular flexibility index (Phi) is 4.70. The van der Waals surface area contributed by atoms with Gasteiger partial charge in [0.05, 0.1) is 22.5 Å². The van der Waals surface area contributed by atoms with Crippen molar-refractivity contribution < 1.29 is 21.2 Å². The van der Waals surface area contributed by atoms with Crippen molar-refractivity contribution >= 4 is 31.4 Å². The van der Waals surface area contributed by atoms with Crippen LogP contribution in [0.2, 0.25) is 0 Å². The Morgan fingerprint density at radius 2 is 1.81 bits per heavy atom. The van der Waals surface area contributed by atoms with Crippen LogP contribution in [0.1, 0.15) is 17.5 Å². The molecule has 1 heterocycles. The normalized spacial score (nSPS) is 14.8. The van der Waals surface area contributed by atoms with Crippen molar-refractivity contribution in [1.29, 1.82) is 0 Å². The highest BCUT2D eigenvalue weighted by Crippen LogP contribution is 2.32. The van der Waals surface area contributed by atoms with Gasteiger partial charge in [-0.1, -0.05) is 6.07 Å². The van der Waals surface area contributed by atoms with E-state index in [4.69, 9.17) is 0 Å². The molecule has 0 saturated heterocycles. The maximum Gasteiger partial charge on any atom is 0.262 e. The third-order valence-electron chi connectivity index (χ3n) is 4.24. The minimum atomic E-state index is -3.92. The van der Waals surface area contributed by atoms with Gasteiger partial charge in [0, 0.05) is 6.54 Å². The molecule has 140 valence electrons. The molecule has 2 aromatic rings. The van der Waals surface area contributed by atoms with Gasteiger partial charge in [-0.15, -0.1) is 0 Å². The first-order valence-corrected chi connectivity index (χ1v) is 11.3. The fraction of sp³-hybridized carbons (Fsp3) is 0.294. The Hall–Kier alpha value is -2.13. The van der Waals surface area contributed by atoms with Crippen LogP contribution < -0.4 is 9.03 Å². The SMILES string of the molecule is Cc1cc(F)ccc1S(=O)(=O)Nc1ccc2c(c1)N(S(C)(=O)=O)CCC2. The minimum absolute atomic E-state index is 0.0309. The van der Waals surface area contributed by atoms with Gasteiger partial charge >= 0.3 is 0 Å². The second kappa shape index (κ2) is 6.55. The lowest BCUT2D eigenvalue weighted by Gasteiger charge is -2.29. The van der Waals surface area contributed by atoms with E-state index in [1.165, 1.54) is 23.4 Å². The van der Waals surface area contributed by atoms with E-state index < -0.39 is 25.9 Å². The Labute approximate surface area is 152 Å². The van der Waals surface area contributed by atoms with E-state index in [0.29, 0.717) is 18.7 Å². The summed E-state index contributed by atoms with van der Waals surface area (Å²) in [5.41, 5.74) is 1.87. The molecule has 2 aromatic carbocycles. The number of nitrogens with one attached hydrogen (secondary N) is 1. The van der Waals surface area contributed by atoms with E-state index in [1.54, 1.807) is 12.1 Å². The molecular weight excluding hydrogens is 379 g/mol. The molecule has 0 aromatic heterocycles. The molecule has 1 N–H and O–H groups in total. The highest BCUT2D eigenvalue weighted by molar-refractivity contribution is 7.93. The summed E-state index contributed by atoms with van der Waals surface area (Å²) in [5, 5.41) is 0. The van der Waals surface area contributed by atoms with E-state index in [2.05, 4.69) is 4.72 Å².